The molecule has 4 rings (SSSR count). The van der Waals surface area contributed by atoms with Crippen molar-refractivity contribution in [2.24, 2.45) is 0 Å². The average molecular weight is 395 g/mol. The molecule has 29 heavy (non-hydrogen) atoms. The minimum absolute atomic E-state index is 0.000199. The number of piperidine rings is 1. The molecule has 2 aliphatic rings. The molecule has 10 heteroatoms. The summed E-state index contributed by atoms with van der Waals surface area (Å²) in [6.45, 7) is 1.86. The number of rotatable bonds is 4. The van der Waals surface area contributed by atoms with Gasteiger partial charge in [-0.25, -0.2) is 0 Å². The Bertz CT molecular complexity index is 1070. The number of aryl methyl sites for hydroxylation is 1. The largest absolute Gasteiger partial charge is 0.324 e. The van der Waals surface area contributed by atoms with Gasteiger partial charge in [-0.1, -0.05) is 0 Å². The van der Waals surface area contributed by atoms with Crippen molar-refractivity contribution in [3.05, 3.63) is 47.3 Å². The molecule has 1 unspecified atom stereocenters. The van der Waals surface area contributed by atoms with Crippen LogP contribution in [0.4, 0.5) is 5.69 Å². The van der Waals surface area contributed by atoms with Crippen LogP contribution in [0, 0.1) is 6.92 Å². The minimum atomic E-state index is -1.03. The Morgan fingerprint density at radius 3 is 2.66 bits per heavy atom. The van der Waals surface area contributed by atoms with E-state index in [-0.39, 0.29) is 36.4 Å². The van der Waals surface area contributed by atoms with Crippen molar-refractivity contribution in [2.45, 2.75) is 32.4 Å². The van der Waals surface area contributed by atoms with Gasteiger partial charge in [0.05, 0.1) is 17.3 Å². The van der Waals surface area contributed by atoms with Gasteiger partial charge in [0.25, 0.3) is 11.8 Å². The molecule has 1 aromatic heterocycles. The first-order valence-electron chi connectivity index (χ1n) is 8.98. The van der Waals surface area contributed by atoms with Crippen LogP contribution >= 0.6 is 0 Å². The zero-order valence-electron chi connectivity index (χ0n) is 15.5. The van der Waals surface area contributed by atoms with Crippen LogP contribution in [0.15, 0.2) is 30.6 Å². The van der Waals surface area contributed by atoms with E-state index < -0.39 is 29.7 Å². The molecule has 1 atom stereocenters. The highest BCUT2D eigenvalue weighted by molar-refractivity contribution is 6.23. The van der Waals surface area contributed by atoms with Crippen LogP contribution in [0.3, 0.4) is 0 Å². The second-order valence-electron chi connectivity index (χ2n) is 6.97. The number of aromatic nitrogens is 2. The molecule has 1 saturated heterocycles. The highest BCUT2D eigenvalue weighted by Crippen LogP contribution is 2.29. The zero-order valence-corrected chi connectivity index (χ0v) is 15.5. The van der Waals surface area contributed by atoms with Gasteiger partial charge in [0.15, 0.2) is 0 Å². The van der Waals surface area contributed by atoms with Crippen LogP contribution in [0.25, 0.3) is 0 Å². The van der Waals surface area contributed by atoms with Crippen LogP contribution in [-0.2, 0) is 20.9 Å². The Morgan fingerprint density at radius 2 is 1.97 bits per heavy atom. The summed E-state index contributed by atoms with van der Waals surface area (Å²) in [5.41, 5.74) is 1.53. The van der Waals surface area contributed by atoms with E-state index in [1.165, 1.54) is 22.9 Å². The summed E-state index contributed by atoms with van der Waals surface area (Å²) >= 11 is 0. The summed E-state index contributed by atoms with van der Waals surface area (Å²) in [5.74, 6) is -2.66. The van der Waals surface area contributed by atoms with Crippen LogP contribution in [0.1, 0.15) is 39.1 Å². The average Bonchev–Trinajstić information content (AvgIpc) is 3.17. The fraction of sp³-hybridized carbons (Fsp3) is 0.263. The first-order chi connectivity index (χ1) is 13.8. The quantitative estimate of drug-likeness (QED) is 0.713. The molecule has 1 aromatic carbocycles. The number of amides is 5. The van der Waals surface area contributed by atoms with Gasteiger partial charge in [-0.15, -0.1) is 0 Å². The van der Waals surface area contributed by atoms with E-state index in [9.17, 15) is 24.0 Å². The maximum Gasteiger partial charge on any atom is 0.262 e. The Morgan fingerprint density at radius 1 is 1.21 bits per heavy atom. The molecule has 0 radical (unpaired) electrons. The summed E-state index contributed by atoms with van der Waals surface area (Å²) in [4.78, 5) is 61.9. The molecular weight excluding hydrogens is 378 g/mol. The fourth-order valence-electron chi connectivity index (χ4n) is 3.45. The number of imide groups is 2. The number of benzene rings is 1. The number of fused-ring (bicyclic) bond motifs is 1. The molecule has 10 nitrogen and oxygen atoms in total. The summed E-state index contributed by atoms with van der Waals surface area (Å²) in [6, 6.07) is 3.34. The molecule has 0 saturated carbocycles. The van der Waals surface area contributed by atoms with Crippen molar-refractivity contribution in [2.75, 3.05) is 5.32 Å². The fourth-order valence-corrected chi connectivity index (χ4v) is 3.45. The van der Waals surface area contributed by atoms with Gasteiger partial charge in [0.2, 0.25) is 17.7 Å². The summed E-state index contributed by atoms with van der Waals surface area (Å²) in [5, 5.41) is 8.86. The standard InChI is InChI=1S/C19H17N5O5/c1-10-7-20-23(8-10)9-16(26)21-11-2-3-12-13(6-11)19(29)24(18(12)28)14-4-5-15(25)22-17(14)27/h2-3,6-8,14H,4-5,9H2,1H3,(H,21,26)(H,22,25,27). The van der Waals surface area contributed by atoms with Crippen molar-refractivity contribution in [1.82, 2.24) is 20.0 Å². The molecule has 0 spiro atoms. The molecule has 2 aromatic rings. The van der Waals surface area contributed by atoms with Crippen LogP contribution in [0.5, 0.6) is 0 Å². The number of hydrogen-bond donors (Lipinski definition) is 2. The number of nitrogens with zero attached hydrogens (tertiary/aromatic N) is 3. The minimum Gasteiger partial charge on any atom is -0.324 e. The van der Waals surface area contributed by atoms with Crippen molar-refractivity contribution in [3.8, 4) is 0 Å². The van der Waals surface area contributed by atoms with Gasteiger partial charge in [0, 0.05) is 18.3 Å². The lowest BCUT2D eigenvalue weighted by Crippen LogP contribution is -2.54. The first kappa shape index (κ1) is 18.5. The molecule has 1 fully saturated rings. The topological polar surface area (TPSA) is 130 Å². The molecular formula is C19H17N5O5. The predicted octanol–water partition coefficient (Wildman–Crippen LogP) is 0.231. The van der Waals surface area contributed by atoms with Crippen molar-refractivity contribution in [1.29, 1.82) is 0 Å². The van der Waals surface area contributed by atoms with E-state index in [0.29, 0.717) is 5.69 Å². The molecule has 148 valence electrons. The van der Waals surface area contributed by atoms with Gasteiger partial charge < -0.3 is 5.32 Å². The summed E-state index contributed by atoms with van der Waals surface area (Å²) < 4.78 is 1.48. The second-order valence-corrected chi connectivity index (χ2v) is 6.97. The van der Waals surface area contributed by atoms with Crippen LogP contribution < -0.4 is 10.6 Å². The van der Waals surface area contributed by atoms with E-state index in [1.54, 1.807) is 12.4 Å². The van der Waals surface area contributed by atoms with Gasteiger partial charge in [-0.2, -0.15) is 5.10 Å². The number of hydrogen-bond acceptors (Lipinski definition) is 6. The molecule has 0 bridgehead atoms. The molecule has 2 N–H and O–H groups in total. The smallest absolute Gasteiger partial charge is 0.262 e. The third kappa shape index (κ3) is 3.40. The van der Waals surface area contributed by atoms with E-state index in [2.05, 4.69) is 15.7 Å². The number of nitrogens with one attached hydrogen (secondary N) is 2. The third-order valence-electron chi connectivity index (χ3n) is 4.79. The summed E-state index contributed by atoms with van der Waals surface area (Å²) in [6.07, 6.45) is 3.50. The van der Waals surface area contributed by atoms with Crippen molar-refractivity contribution in [3.63, 3.8) is 0 Å². The number of carbonyl (C=O) groups excluding carboxylic acids is 5. The monoisotopic (exact) mass is 395 g/mol. The van der Waals surface area contributed by atoms with E-state index >= 15 is 0 Å². The molecule has 0 aliphatic carbocycles. The first-order valence-corrected chi connectivity index (χ1v) is 8.98. The Balaban J connectivity index is 1.51. The van der Waals surface area contributed by atoms with Crippen molar-refractivity contribution < 1.29 is 24.0 Å². The van der Waals surface area contributed by atoms with E-state index in [4.69, 9.17) is 0 Å². The van der Waals surface area contributed by atoms with E-state index in [1.807, 2.05) is 6.92 Å². The molecule has 3 heterocycles. The lowest BCUT2D eigenvalue weighted by molar-refractivity contribution is -0.136. The zero-order chi connectivity index (χ0) is 20.7. The van der Waals surface area contributed by atoms with Gasteiger partial charge in [-0.3, -0.25) is 38.9 Å². The second kappa shape index (κ2) is 6.97. The predicted molar refractivity (Wildman–Crippen MR) is 98.7 cm³/mol. The normalized spacial score (nSPS) is 18.7. The molecule has 2 aliphatic heterocycles. The summed E-state index contributed by atoms with van der Waals surface area (Å²) in [7, 11) is 0. The third-order valence-corrected chi connectivity index (χ3v) is 4.79. The molecule has 5 amide bonds. The lowest BCUT2D eigenvalue weighted by atomic mass is 10.0. The van der Waals surface area contributed by atoms with Gasteiger partial charge in [0.1, 0.15) is 12.6 Å². The van der Waals surface area contributed by atoms with Crippen LogP contribution in [-0.4, -0.2) is 50.3 Å². The number of carbonyl (C=O) groups is 5. The van der Waals surface area contributed by atoms with Crippen LogP contribution in [0.2, 0.25) is 0 Å². The highest BCUT2D eigenvalue weighted by Gasteiger charge is 2.44. The SMILES string of the molecule is Cc1cnn(CC(=O)Nc2ccc3c(c2)C(=O)N(C2CCC(=O)NC2=O)C3=O)c1. The number of anilines is 1. The Labute approximate surface area is 164 Å². The van der Waals surface area contributed by atoms with Gasteiger partial charge in [-0.05, 0) is 37.1 Å². The maximum absolute atomic E-state index is 12.8. The Kier molecular flexibility index (Phi) is 4.45. The van der Waals surface area contributed by atoms with E-state index in [0.717, 1.165) is 10.5 Å². The van der Waals surface area contributed by atoms with Crippen molar-refractivity contribution >= 4 is 35.2 Å². The lowest BCUT2D eigenvalue weighted by Gasteiger charge is -2.27. The maximum atomic E-state index is 12.8. The van der Waals surface area contributed by atoms with Gasteiger partial charge >= 0.3 is 0 Å². The Hall–Kier alpha value is -3.82. The highest BCUT2D eigenvalue weighted by atomic mass is 16.2.